The number of H-pyrrole nitrogens is 1. The first-order valence-electron chi connectivity index (χ1n) is 14.5. The van der Waals surface area contributed by atoms with Crippen molar-refractivity contribution in [3.8, 4) is 5.75 Å². The largest absolute Gasteiger partial charge is 0.478 e. The number of ether oxygens (including phenoxy) is 1. The van der Waals surface area contributed by atoms with Crippen LogP contribution in [0.25, 0.3) is 11.0 Å². The van der Waals surface area contributed by atoms with Gasteiger partial charge in [-0.3, -0.25) is 19.7 Å². The van der Waals surface area contributed by atoms with E-state index >= 15 is 0 Å². The zero-order chi connectivity index (χ0) is 32.6. The van der Waals surface area contributed by atoms with Crippen LogP contribution in [0, 0.1) is 21.8 Å². The van der Waals surface area contributed by atoms with Gasteiger partial charge < -0.3 is 19.9 Å². The number of sulfonamides is 1. The van der Waals surface area contributed by atoms with Crippen LogP contribution in [0.15, 0.2) is 58.4 Å². The van der Waals surface area contributed by atoms with E-state index in [1.807, 2.05) is 11.9 Å². The van der Waals surface area contributed by atoms with Crippen molar-refractivity contribution >= 4 is 44.4 Å². The van der Waals surface area contributed by atoms with E-state index in [4.69, 9.17) is 4.74 Å². The van der Waals surface area contributed by atoms with Crippen molar-refractivity contribution in [3.05, 3.63) is 80.6 Å². The number of hydrogen-bond donors (Lipinski definition) is 3. The van der Waals surface area contributed by atoms with Crippen LogP contribution >= 0.6 is 0 Å². The van der Waals surface area contributed by atoms with Crippen LogP contribution in [0.1, 0.15) is 31.4 Å². The van der Waals surface area contributed by atoms with Gasteiger partial charge in [-0.15, -0.1) is 0 Å². The number of aromatic amines is 1. The molecule has 46 heavy (non-hydrogen) atoms. The zero-order valence-corrected chi connectivity index (χ0v) is 25.3. The van der Waals surface area contributed by atoms with Crippen molar-refractivity contribution in [2.24, 2.45) is 5.92 Å². The number of nitrogens with zero attached hydrogens (tertiary/aromatic N) is 5. The molecule has 1 atom stereocenters. The van der Waals surface area contributed by atoms with Gasteiger partial charge in [-0.1, -0.05) is 12.1 Å². The van der Waals surface area contributed by atoms with Crippen LogP contribution in [0.3, 0.4) is 0 Å². The second kappa shape index (κ2) is 12.4. The fourth-order valence-corrected chi connectivity index (χ4v) is 7.42. The summed E-state index contributed by atoms with van der Waals surface area (Å²) in [5.74, 6) is -0.108. The number of halogens is 1. The van der Waals surface area contributed by atoms with Gasteiger partial charge in [-0.2, -0.15) is 4.98 Å². The van der Waals surface area contributed by atoms with Gasteiger partial charge in [-0.05, 0) is 55.9 Å². The van der Waals surface area contributed by atoms with Crippen molar-refractivity contribution in [2.75, 3.05) is 23.9 Å². The average Bonchev–Trinajstić information content (AvgIpc) is 3.04. The molecule has 1 fully saturated rings. The van der Waals surface area contributed by atoms with Gasteiger partial charge in [0.25, 0.3) is 17.2 Å². The summed E-state index contributed by atoms with van der Waals surface area (Å²) < 4.78 is 48.9. The van der Waals surface area contributed by atoms with Gasteiger partial charge in [-0.25, -0.2) is 27.5 Å². The first-order chi connectivity index (χ1) is 22.0. The maximum absolute atomic E-state index is 13.7. The maximum atomic E-state index is 13.7. The third-order valence-corrected chi connectivity index (χ3v) is 9.87. The minimum Gasteiger partial charge on any atom is -0.478 e. The Bertz CT molecular complexity index is 2000. The molecule has 15 nitrogen and oxygen atoms in total. The Kier molecular flexibility index (Phi) is 8.35. The summed E-state index contributed by atoms with van der Waals surface area (Å²) in [6.45, 7) is -0.114. The number of benzene rings is 2. The molecule has 0 saturated heterocycles. The van der Waals surface area contributed by atoms with Gasteiger partial charge in [0.15, 0.2) is 23.1 Å². The van der Waals surface area contributed by atoms with Gasteiger partial charge in [0.2, 0.25) is 16.0 Å². The average molecular weight is 653 g/mol. The lowest BCUT2D eigenvalue weighted by Gasteiger charge is -2.38. The molecule has 2 aliphatic rings. The molecule has 1 saturated carbocycles. The number of anilines is 2. The number of aromatic nitrogens is 4. The number of amides is 1. The van der Waals surface area contributed by atoms with Crippen molar-refractivity contribution < 1.29 is 27.3 Å². The third-order valence-electron chi connectivity index (χ3n) is 8.33. The number of fused-ring (bicyclic) bond motifs is 2. The minimum absolute atomic E-state index is 0.0286. The third kappa shape index (κ3) is 6.36. The van der Waals surface area contributed by atoms with Crippen LogP contribution < -0.4 is 25.2 Å². The first kappa shape index (κ1) is 31.0. The summed E-state index contributed by atoms with van der Waals surface area (Å²) in [4.78, 5) is 52.8. The van der Waals surface area contributed by atoms with Crippen molar-refractivity contribution in [3.63, 3.8) is 0 Å². The summed E-state index contributed by atoms with van der Waals surface area (Å²) in [7, 11) is -2.58. The standard InChI is InChI=1S/C29H29FN8O7S/c1-37(29-31-14-24-27(35-29)34-26(39)15-45-24)18-9-6-16(7-10-18)20(36-46(43,44)25-5-3-2-4-23(25)38(41)42)13-22-28(40)33-21-12-17(30)8-11-19(21)32-22/h2-5,8,11-12,14,16,18,20,36H,6-7,9-10,13,15H2,1H3,(H,33,40)(H,31,34,35,39). The van der Waals surface area contributed by atoms with Crippen molar-refractivity contribution in [1.29, 1.82) is 0 Å². The second-order valence-electron chi connectivity index (χ2n) is 11.2. The predicted molar refractivity (Wildman–Crippen MR) is 164 cm³/mol. The molecule has 0 spiro atoms. The summed E-state index contributed by atoms with van der Waals surface area (Å²) in [5, 5.41) is 14.3. The summed E-state index contributed by atoms with van der Waals surface area (Å²) >= 11 is 0. The van der Waals surface area contributed by atoms with Crippen LogP contribution in [0.5, 0.6) is 5.75 Å². The molecular formula is C29H29FN8O7S. The Hall–Kier alpha value is -5.03. The number of carbonyl (C=O) groups is 1. The maximum Gasteiger partial charge on any atom is 0.289 e. The molecule has 2 aromatic heterocycles. The second-order valence-corrected chi connectivity index (χ2v) is 12.9. The molecular weight excluding hydrogens is 623 g/mol. The molecule has 1 amide bonds. The van der Waals surface area contributed by atoms with Crippen LogP contribution in [0.4, 0.5) is 21.8 Å². The highest BCUT2D eigenvalue weighted by atomic mass is 32.2. The van der Waals surface area contributed by atoms with Gasteiger partial charge in [0, 0.05) is 31.6 Å². The molecule has 2 aromatic carbocycles. The Balaban J connectivity index is 1.26. The van der Waals surface area contributed by atoms with E-state index in [9.17, 15) is 32.5 Å². The quantitative estimate of drug-likeness (QED) is 0.177. The Labute approximate surface area is 261 Å². The molecule has 240 valence electrons. The van der Waals surface area contributed by atoms with E-state index in [2.05, 4.69) is 30.0 Å². The minimum atomic E-state index is -4.41. The van der Waals surface area contributed by atoms with Gasteiger partial charge >= 0.3 is 0 Å². The van der Waals surface area contributed by atoms with Gasteiger partial charge in [0.1, 0.15) is 11.5 Å². The lowest BCUT2D eigenvalue weighted by molar-refractivity contribution is -0.387. The highest BCUT2D eigenvalue weighted by Gasteiger charge is 2.35. The number of para-hydroxylation sites is 1. The van der Waals surface area contributed by atoms with Crippen LogP contribution in [-0.2, 0) is 21.2 Å². The Morgan fingerprint density at radius 1 is 1.15 bits per heavy atom. The highest BCUT2D eigenvalue weighted by Crippen LogP contribution is 2.34. The fourth-order valence-electron chi connectivity index (χ4n) is 5.94. The number of rotatable bonds is 9. The molecule has 1 aliphatic carbocycles. The molecule has 4 aromatic rings. The topological polar surface area (TPSA) is 202 Å². The van der Waals surface area contributed by atoms with Crippen LogP contribution in [-0.4, -0.2) is 64.9 Å². The number of carbonyl (C=O) groups excluding carboxylic acids is 1. The van der Waals surface area contributed by atoms with E-state index in [1.54, 1.807) is 0 Å². The van der Waals surface area contributed by atoms with E-state index in [0.29, 0.717) is 42.9 Å². The van der Waals surface area contributed by atoms with Crippen molar-refractivity contribution in [2.45, 2.75) is 49.1 Å². The molecule has 3 N–H and O–H groups in total. The Morgan fingerprint density at radius 3 is 2.67 bits per heavy atom. The monoisotopic (exact) mass is 652 g/mol. The molecule has 1 aliphatic heterocycles. The summed E-state index contributed by atoms with van der Waals surface area (Å²) in [5.41, 5.74) is -0.602. The number of nitro benzene ring substituents is 1. The van der Waals surface area contributed by atoms with E-state index in [-0.39, 0.29) is 47.9 Å². The first-order valence-corrected chi connectivity index (χ1v) is 15.9. The normalized spacial score (nSPS) is 18.7. The molecule has 6 rings (SSSR count). The molecule has 1 unspecified atom stereocenters. The smallest absolute Gasteiger partial charge is 0.289 e. The number of nitrogens with one attached hydrogen (secondary N) is 3. The van der Waals surface area contributed by atoms with Gasteiger partial charge in [0.05, 0.1) is 22.2 Å². The van der Waals surface area contributed by atoms with E-state index in [1.165, 1.54) is 30.5 Å². The molecule has 0 bridgehead atoms. The molecule has 0 radical (unpaired) electrons. The molecule has 17 heteroatoms. The molecule has 3 heterocycles. The number of nitro groups is 1. The summed E-state index contributed by atoms with van der Waals surface area (Å²) in [6.07, 6.45) is 3.65. The summed E-state index contributed by atoms with van der Waals surface area (Å²) in [6, 6.07) is 7.93. The zero-order valence-electron chi connectivity index (χ0n) is 24.5. The van der Waals surface area contributed by atoms with Crippen LogP contribution in [0.2, 0.25) is 0 Å². The van der Waals surface area contributed by atoms with E-state index in [0.717, 1.165) is 18.2 Å². The lowest BCUT2D eigenvalue weighted by atomic mass is 9.80. The highest BCUT2D eigenvalue weighted by molar-refractivity contribution is 7.89. The number of hydrogen-bond acceptors (Lipinski definition) is 11. The van der Waals surface area contributed by atoms with E-state index < -0.39 is 42.9 Å². The fraction of sp³-hybridized carbons (Fsp3) is 0.345. The van der Waals surface area contributed by atoms with Crippen molar-refractivity contribution in [1.82, 2.24) is 24.7 Å². The SMILES string of the molecule is CN(c1ncc2c(n1)NC(=O)CO2)C1CCC(C(Cc2nc3ccc(F)cc3[nH]c2=O)NS(=O)(=O)c2ccccc2[N+](=O)[O-])CC1. The predicted octanol–water partition coefficient (Wildman–Crippen LogP) is 2.68. The Morgan fingerprint density at radius 2 is 1.91 bits per heavy atom. The lowest BCUT2D eigenvalue weighted by Crippen LogP contribution is -2.46.